The minimum Gasteiger partial charge on any atom is -0.506 e. The van der Waals surface area contributed by atoms with Crippen LogP contribution in [0.3, 0.4) is 0 Å². The Morgan fingerprint density at radius 1 is 1.53 bits per heavy atom. The fraction of sp³-hybridized carbons (Fsp3) is 0.250. The number of hydrogen-bond donors (Lipinski definition) is 1. The Balaban J connectivity index is 2.17. The van der Waals surface area contributed by atoms with E-state index in [1.165, 1.54) is 0 Å². The molecule has 4 nitrogen and oxygen atoms in total. The minimum atomic E-state index is -0.383. The lowest BCUT2D eigenvalue weighted by Gasteiger charge is -2.10. The van der Waals surface area contributed by atoms with Crippen LogP contribution in [0.15, 0.2) is 22.8 Å². The molecule has 0 radical (unpaired) electrons. The van der Waals surface area contributed by atoms with Gasteiger partial charge < -0.3 is 14.3 Å². The van der Waals surface area contributed by atoms with Crippen molar-refractivity contribution < 1.29 is 14.3 Å². The predicted octanol–water partition coefficient (Wildman–Crippen LogP) is 2.96. The molecule has 0 aromatic carbocycles. The molecule has 0 saturated carbocycles. The Bertz CT molecular complexity index is 566. The maximum Gasteiger partial charge on any atom is 0.144 e. The van der Waals surface area contributed by atoms with Crippen LogP contribution in [0.5, 0.6) is 5.75 Å². The van der Waals surface area contributed by atoms with Crippen molar-refractivity contribution >= 4 is 11.6 Å². The second-order valence-corrected chi connectivity index (χ2v) is 4.29. The van der Waals surface area contributed by atoms with Gasteiger partial charge in [0.25, 0.3) is 0 Å². The number of aryl methyl sites for hydroxylation is 1. The lowest BCUT2D eigenvalue weighted by atomic mass is 10.0. The second-order valence-electron chi connectivity index (χ2n) is 3.94. The Kier molecular flexibility index (Phi) is 2.34. The number of ether oxygens (including phenoxy) is 1. The quantitative estimate of drug-likeness (QED) is 0.792. The predicted molar refractivity (Wildman–Crippen MR) is 61.0 cm³/mol. The zero-order chi connectivity index (χ0) is 12.0. The van der Waals surface area contributed by atoms with Gasteiger partial charge in [0, 0.05) is 11.1 Å². The molecule has 1 unspecified atom stereocenters. The Labute approximate surface area is 103 Å². The number of nitrogens with zero attached hydrogens (tertiary/aromatic N) is 1. The van der Waals surface area contributed by atoms with Gasteiger partial charge in [-0.3, -0.25) is 0 Å². The van der Waals surface area contributed by atoms with Gasteiger partial charge in [-0.2, -0.15) is 0 Å². The van der Waals surface area contributed by atoms with Crippen LogP contribution < -0.4 is 0 Å². The lowest BCUT2D eigenvalue weighted by Crippen LogP contribution is -1.99. The van der Waals surface area contributed by atoms with Gasteiger partial charge in [0.15, 0.2) is 0 Å². The second kappa shape index (κ2) is 3.75. The zero-order valence-corrected chi connectivity index (χ0v) is 9.86. The minimum absolute atomic E-state index is 0.151. The van der Waals surface area contributed by atoms with Crippen molar-refractivity contribution in [3.05, 3.63) is 46.1 Å². The van der Waals surface area contributed by atoms with Crippen molar-refractivity contribution in [3.63, 3.8) is 0 Å². The first kappa shape index (κ1) is 10.6. The van der Waals surface area contributed by atoms with Crippen LogP contribution in [0.2, 0.25) is 5.15 Å². The molecule has 0 fully saturated rings. The van der Waals surface area contributed by atoms with Gasteiger partial charge in [-0.1, -0.05) is 11.6 Å². The Morgan fingerprint density at radius 2 is 2.35 bits per heavy atom. The summed E-state index contributed by atoms with van der Waals surface area (Å²) in [5.41, 5.74) is 1.91. The largest absolute Gasteiger partial charge is 0.506 e. The average Bonchev–Trinajstić information content (AvgIpc) is 2.94. The lowest BCUT2D eigenvalue weighted by molar-refractivity contribution is 0.0779. The fourth-order valence-electron chi connectivity index (χ4n) is 2.06. The molecule has 3 rings (SSSR count). The van der Waals surface area contributed by atoms with Crippen LogP contribution in [0.4, 0.5) is 0 Å². The van der Waals surface area contributed by atoms with Gasteiger partial charge in [0.2, 0.25) is 0 Å². The highest BCUT2D eigenvalue weighted by molar-refractivity contribution is 6.30. The Morgan fingerprint density at radius 3 is 3.06 bits per heavy atom. The van der Waals surface area contributed by atoms with Crippen molar-refractivity contribution in [2.24, 2.45) is 0 Å². The molecule has 0 spiro atoms. The van der Waals surface area contributed by atoms with Crippen molar-refractivity contribution in [2.45, 2.75) is 19.6 Å². The zero-order valence-electron chi connectivity index (χ0n) is 9.11. The maximum absolute atomic E-state index is 9.93. The molecule has 0 amide bonds. The van der Waals surface area contributed by atoms with Crippen molar-refractivity contribution in [2.75, 3.05) is 0 Å². The molecule has 1 aliphatic rings. The van der Waals surface area contributed by atoms with E-state index in [2.05, 4.69) is 4.98 Å². The van der Waals surface area contributed by atoms with Crippen LogP contribution in [0.1, 0.15) is 28.7 Å². The van der Waals surface area contributed by atoms with Gasteiger partial charge in [-0.25, -0.2) is 4.98 Å². The number of fused-ring (bicyclic) bond motifs is 1. The third-order valence-electron chi connectivity index (χ3n) is 2.90. The van der Waals surface area contributed by atoms with E-state index >= 15 is 0 Å². The monoisotopic (exact) mass is 251 g/mol. The molecule has 1 aliphatic heterocycles. The number of furan rings is 1. The van der Waals surface area contributed by atoms with E-state index in [0.717, 1.165) is 0 Å². The van der Waals surface area contributed by atoms with Gasteiger partial charge in [0.1, 0.15) is 22.8 Å². The average molecular weight is 252 g/mol. The van der Waals surface area contributed by atoms with E-state index in [9.17, 15) is 5.11 Å². The highest BCUT2D eigenvalue weighted by atomic mass is 35.5. The summed E-state index contributed by atoms with van der Waals surface area (Å²) >= 11 is 6.11. The summed E-state index contributed by atoms with van der Waals surface area (Å²) in [6.07, 6.45) is 1.19. The molecule has 1 atom stereocenters. The van der Waals surface area contributed by atoms with Crippen LogP contribution >= 0.6 is 11.6 Å². The van der Waals surface area contributed by atoms with Crippen LogP contribution in [0.25, 0.3) is 0 Å². The SMILES string of the molecule is Cc1nc(Cl)c2c(c1O)COC2c1ccco1. The first-order valence-electron chi connectivity index (χ1n) is 5.21. The normalized spacial score (nSPS) is 18.4. The van der Waals surface area contributed by atoms with E-state index in [-0.39, 0.29) is 11.9 Å². The van der Waals surface area contributed by atoms with Crippen LogP contribution in [-0.2, 0) is 11.3 Å². The van der Waals surface area contributed by atoms with E-state index in [0.29, 0.717) is 34.3 Å². The highest BCUT2D eigenvalue weighted by Gasteiger charge is 2.33. The van der Waals surface area contributed by atoms with E-state index in [4.69, 9.17) is 20.8 Å². The van der Waals surface area contributed by atoms with Crippen LogP contribution in [-0.4, -0.2) is 10.1 Å². The van der Waals surface area contributed by atoms with Crippen LogP contribution in [0, 0.1) is 6.92 Å². The molecular weight excluding hydrogens is 242 g/mol. The summed E-state index contributed by atoms with van der Waals surface area (Å²) in [6.45, 7) is 2.03. The molecule has 0 aliphatic carbocycles. The smallest absolute Gasteiger partial charge is 0.144 e. The summed E-state index contributed by atoms with van der Waals surface area (Å²) in [6, 6.07) is 3.60. The summed E-state index contributed by atoms with van der Waals surface area (Å²) in [4.78, 5) is 4.10. The third kappa shape index (κ3) is 1.52. The summed E-state index contributed by atoms with van der Waals surface area (Å²) < 4.78 is 10.9. The van der Waals surface area contributed by atoms with E-state index in [1.54, 1.807) is 19.3 Å². The first-order valence-corrected chi connectivity index (χ1v) is 5.59. The number of aromatic nitrogens is 1. The van der Waals surface area contributed by atoms with Gasteiger partial charge >= 0.3 is 0 Å². The number of rotatable bonds is 1. The summed E-state index contributed by atoms with van der Waals surface area (Å²) in [5, 5.41) is 10.3. The molecule has 2 aromatic heterocycles. The number of halogens is 1. The number of hydrogen-bond acceptors (Lipinski definition) is 4. The van der Waals surface area contributed by atoms with Gasteiger partial charge in [-0.05, 0) is 19.1 Å². The molecule has 5 heteroatoms. The maximum atomic E-state index is 9.93. The highest BCUT2D eigenvalue weighted by Crippen LogP contribution is 2.43. The number of pyridine rings is 1. The molecule has 3 heterocycles. The fourth-order valence-corrected chi connectivity index (χ4v) is 2.40. The Hall–Kier alpha value is -1.52. The van der Waals surface area contributed by atoms with Gasteiger partial charge in [-0.15, -0.1) is 0 Å². The molecule has 0 saturated heterocycles. The van der Waals surface area contributed by atoms with Crippen molar-refractivity contribution in [3.8, 4) is 5.75 Å². The molecule has 17 heavy (non-hydrogen) atoms. The van der Waals surface area contributed by atoms with Gasteiger partial charge in [0.05, 0.1) is 18.6 Å². The summed E-state index contributed by atoms with van der Waals surface area (Å²) in [7, 11) is 0. The molecule has 0 bridgehead atoms. The van der Waals surface area contributed by atoms with E-state index < -0.39 is 0 Å². The van der Waals surface area contributed by atoms with E-state index in [1.807, 2.05) is 6.07 Å². The topological polar surface area (TPSA) is 55.5 Å². The molecule has 2 aromatic rings. The van der Waals surface area contributed by atoms with Crippen molar-refractivity contribution in [1.82, 2.24) is 4.98 Å². The molecule has 88 valence electrons. The number of aromatic hydroxyl groups is 1. The summed E-state index contributed by atoms with van der Waals surface area (Å²) in [5.74, 6) is 0.814. The molecular formula is C12H10ClNO3. The first-order chi connectivity index (χ1) is 8.18. The van der Waals surface area contributed by atoms with Crippen molar-refractivity contribution in [1.29, 1.82) is 0 Å². The standard InChI is InChI=1S/C12H10ClNO3/c1-6-10(15)7-5-17-11(8-3-2-4-16-8)9(7)12(13)14-6/h2-4,11,15H,5H2,1H3. The third-order valence-corrected chi connectivity index (χ3v) is 3.19. The molecule has 1 N–H and O–H groups in total.